The number of hydrogen-bond donors (Lipinski definition) is 1. The van der Waals surface area contributed by atoms with E-state index in [0.29, 0.717) is 5.01 Å². The molecule has 2 rings (SSSR count). The highest BCUT2D eigenvalue weighted by Crippen LogP contribution is 2.24. The lowest BCUT2D eigenvalue weighted by Crippen LogP contribution is -1.99. The summed E-state index contributed by atoms with van der Waals surface area (Å²) in [5.41, 5.74) is 3.07. The van der Waals surface area contributed by atoms with Crippen LogP contribution in [0, 0.1) is 6.92 Å². The average molecular weight is 233 g/mol. The smallest absolute Gasteiger partial charge is 0.310 e. The van der Waals surface area contributed by atoms with Gasteiger partial charge in [-0.1, -0.05) is 24.3 Å². The first-order chi connectivity index (χ1) is 7.66. The highest BCUT2D eigenvalue weighted by atomic mass is 32.1. The first kappa shape index (κ1) is 10.8. The fourth-order valence-electron chi connectivity index (χ4n) is 1.51. The topological polar surface area (TPSA) is 50.2 Å². The Balaban J connectivity index is 2.32. The summed E-state index contributed by atoms with van der Waals surface area (Å²) in [7, 11) is 0. The van der Waals surface area contributed by atoms with Crippen LogP contribution in [0.2, 0.25) is 0 Å². The van der Waals surface area contributed by atoms with Crippen LogP contribution < -0.4 is 0 Å². The number of carbonyl (C=O) groups is 1. The summed E-state index contributed by atoms with van der Waals surface area (Å²) in [4.78, 5) is 14.9. The van der Waals surface area contributed by atoms with Gasteiger partial charge in [0, 0.05) is 10.9 Å². The molecule has 0 atom stereocenters. The summed E-state index contributed by atoms with van der Waals surface area (Å²) in [6, 6.07) is 7.95. The molecule has 0 unspecified atom stereocenters. The molecule has 82 valence electrons. The van der Waals surface area contributed by atoms with Gasteiger partial charge in [0.05, 0.1) is 12.1 Å². The number of aromatic nitrogens is 1. The van der Waals surface area contributed by atoms with Gasteiger partial charge in [-0.3, -0.25) is 4.79 Å². The van der Waals surface area contributed by atoms with Gasteiger partial charge in [-0.25, -0.2) is 4.98 Å². The van der Waals surface area contributed by atoms with Gasteiger partial charge in [0.25, 0.3) is 0 Å². The number of aliphatic carboxylic acids is 1. The molecule has 0 saturated carbocycles. The molecular formula is C12H11NO2S. The molecule has 0 bridgehead atoms. The maximum Gasteiger partial charge on any atom is 0.310 e. The number of carboxylic acids is 1. The number of carboxylic acid groups (broad SMARTS) is 1. The van der Waals surface area contributed by atoms with E-state index in [1.807, 2.05) is 36.6 Å². The van der Waals surface area contributed by atoms with Crippen LogP contribution in [0.4, 0.5) is 0 Å². The number of aryl methyl sites for hydroxylation is 1. The predicted octanol–water partition coefficient (Wildman–Crippen LogP) is 2.75. The Labute approximate surface area is 97.4 Å². The van der Waals surface area contributed by atoms with E-state index >= 15 is 0 Å². The molecule has 1 heterocycles. The molecule has 3 nitrogen and oxygen atoms in total. The van der Waals surface area contributed by atoms with Gasteiger partial charge in [0.15, 0.2) is 0 Å². The van der Waals surface area contributed by atoms with Crippen LogP contribution in [0.25, 0.3) is 11.3 Å². The first-order valence-electron chi connectivity index (χ1n) is 4.89. The minimum atomic E-state index is -0.842. The fraction of sp³-hybridized carbons (Fsp3) is 0.167. The standard InChI is InChI=1S/C12H11NO2S/c1-8-4-2-3-5-9(8)10-7-16-11(13-10)6-12(14)15/h2-5,7H,6H2,1H3,(H,14,15). The molecule has 2 aromatic rings. The van der Waals surface area contributed by atoms with Gasteiger partial charge in [0.2, 0.25) is 0 Å². The van der Waals surface area contributed by atoms with Crippen LogP contribution in [0.3, 0.4) is 0 Å². The van der Waals surface area contributed by atoms with Crippen molar-refractivity contribution < 1.29 is 9.90 Å². The highest BCUT2D eigenvalue weighted by Gasteiger charge is 2.08. The SMILES string of the molecule is Cc1ccccc1-c1csc(CC(=O)O)n1. The van der Waals surface area contributed by atoms with E-state index in [9.17, 15) is 4.79 Å². The van der Waals surface area contributed by atoms with Crippen LogP contribution in [-0.4, -0.2) is 16.1 Å². The number of rotatable bonds is 3. The van der Waals surface area contributed by atoms with E-state index in [2.05, 4.69) is 4.98 Å². The molecule has 0 aliphatic carbocycles. The Morgan fingerprint density at radius 2 is 2.19 bits per heavy atom. The lowest BCUT2D eigenvalue weighted by Gasteiger charge is -2.00. The Bertz CT molecular complexity index is 519. The van der Waals surface area contributed by atoms with Crippen molar-refractivity contribution in [3.8, 4) is 11.3 Å². The summed E-state index contributed by atoms with van der Waals surface area (Å²) >= 11 is 1.39. The quantitative estimate of drug-likeness (QED) is 0.886. The molecule has 0 amide bonds. The molecule has 1 aromatic heterocycles. The van der Waals surface area contributed by atoms with Crippen LogP contribution in [0.5, 0.6) is 0 Å². The van der Waals surface area contributed by atoms with Crippen molar-refractivity contribution in [3.05, 3.63) is 40.2 Å². The second-order valence-corrected chi connectivity index (χ2v) is 4.45. The van der Waals surface area contributed by atoms with Gasteiger partial charge in [-0.05, 0) is 12.5 Å². The second-order valence-electron chi connectivity index (χ2n) is 3.51. The summed E-state index contributed by atoms with van der Waals surface area (Å²) in [5, 5.41) is 11.2. The molecule has 1 aromatic carbocycles. The summed E-state index contributed by atoms with van der Waals surface area (Å²) in [6.07, 6.45) is -0.00342. The zero-order valence-corrected chi connectivity index (χ0v) is 9.62. The van der Waals surface area contributed by atoms with Crippen LogP contribution >= 0.6 is 11.3 Å². The molecule has 0 aliphatic rings. The Kier molecular flexibility index (Phi) is 3.01. The van der Waals surface area contributed by atoms with Crippen molar-refractivity contribution in [3.63, 3.8) is 0 Å². The largest absolute Gasteiger partial charge is 0.481 e. The predicted molar refractivity (Wildman–Crippen MR) is 63.6 cm³/mol. The normalized spacial score (nSPS) is 10.3. The lowest BCUT2D eigenvalue weighted by atomic mass is 10.1. The summed E-state index contributed by atoms with van der Waals surface area (Å²) < 4.78 is 0. The summed E-state index contributed by atoms with van der Waals surface area (Å²) in [5.74, 6) is -0.842. The third kappa shape index (κ3) is 2.28. The Morgan fingerprint density at radius 1 is 1.44 bits per heavy atom. The third-order valence-corrected chi connectivity index (χ3v) is 3.12. The van der Waals surface area contributed by atoms with Gasteiger partial charge in [-0.15, -0.1) is 11.3 Å². The zero-order valence-electron chi connectivity index (χ0n) is 8.80. The lowest BCUT2D eigenvalue weighted by molar-refractivity contribution is -0.136. The monoisotopic (exact) mass is 233 g/mol. The molecule has 0 aliphatic heterocycles. The molecule has 4 heteroatoms. The molecule has 1 N–H and O–H groups in total. The van der Waals surface area contributed by atoms with Crippen molar-refractivity contribution in [2.45, 2.75) is 13.3 Å². The van der Waals surface area contributed by atoms with E-state index in [4.69, 9.17) is 5.11 Å². The van der Waals surface area contributed by atoms with E-state index in [-0.39, 0.29) is 6.42 Å². The Hall–Kier alpha value is -1.68. The average Bonchev–Trinajstić information content (AvgIpc) is 2.66. The van der Waals surface area contributed by atoms with Gasteiger partial charge >= 0.3 is 5.97 Å². The maximum absolute atomic E-state index is 10.5. The van der Waals surface area contributed by atoms with E-state index in [1.165, 1.54) is 11.3 Å². The van der Waals surface area contributed by atoms with Crippen molar-refractivity contribution in [2.75, 3.05) is 0 Å². The van der Waals surface area contributed by atoms with Gasteiger partial charge in [0.1, 0.15) is 5.01 Å². The van der Waals surface area contributed by atoms with Crippen LogP contribution in [0.15, 0.2) is 29.6 Å². The van der Waals surface area contributed by atoms with Crippen molar-refractivity contribution in [1.82, 2.24) is 4.98 Å². The van der Waals surface area contributed by atoms with E-state index in [1.54, 1.807) is 0 Å². The van der Waals surface area contributed by atoms with Crippen LogP contribution in [0.1, 0.15) is 10.6 Å². The Morgan fingerprint density at radius 3 is 2.88 bits per heavy atom. The van der Waals surface area contributed by atoms with Crippen molar-refractivity contribution >= 4 is 17.3 Å². The number of thiazole rings is 1. The van der Waals surface area contributed by atoms with Gasteiger partial charge < -0.3 is 5.11 Å². The van der Waals surface area contributed by atoms with Gasteiger partial charge in [-0.2, -0.15) is 0 Å². The third-order valence-electron chi connectivity index (χ3n) is 2.28. The maximum atomic E-state index is 10.5. The molecule has 0 spiro atoms. The van der Waals surface area contributed by atoms with E-state index < -0.39 is 5.97 Å². The zero-order chi connectivity index (χ0) is 11.5. The minimum absolute atomic E-state index is 0.00342. The number of hydrogen-bond acceptors (Lipinski definition) is 3. The second kappa shape index (κ2) is 4.45. The number of nitrogens with zero attached hydrogens (tertiary/aromatic N) is 1. The fourth-order valence-corrected chi connectivity index (χ4v) is 2.29. The first-order valence-corrected chi connectivity index (χ1v) is 5.77. The molecule has 0 radical (unpaired) electrons. The molecule has 0 saturated heterocycles. The molecule has 0 fully saturated rings. The highest BCUT2D eigenvalue weighted by molar-refractivity contribution is 7.10. The summed E-state index contributed by atoms with van der Waals surface area (Å²) in [6.45, 7) is 2.02. The molecular weight excluding hydrogens is 222 g/mol. The number of benzene rings is 1. The van der Waals surface area contributed by atoms with Crippen molar-refractivity contribution in [1.29, 1.82) is 0 Å². The van der Waals surface area contributed by atoms with E-state index in [0.717, 1.165) is 16.8 Å². The van der Waals surface area contributed by atoms with Crippen LogP contribution in [-0.2, 0) is 11.2 Å². The van der Waals surface area contributed by atoms with Crippen molar-refractivity contribution in [2.24, 2.45) is 0 Å². The minimum Gasteiger partial charge on any atom is -0.481 e. The molecule has 16 heavy (non-hydrogen) atoms.